The Morgan fingerprint density at radius 3 is 1.68 bits per heavy atom. The molecule has 0 spiro atoms. The van der Waals surface area contributed by atoms with Crippen molar-refractivity contribution in [1.29, 1.82) is 0 Å². The molecule has 0 saturated heterocycles. The second-order valence-electron chi connectivity index (χ2n) is 6.39. The van der Waals surface area contributed by atoms with E-state index in [0.29, 0.717) is 4.90 Å². The lowest BCUT2D eigenvalue weighted by Crippen LogP contribution is -2.34. The molecule has 1 saturated carbocycles. The number of rotatable bonds is 3. The Hall–Kier alpha value is -0.870. The van der Waals surface area contributed by atoms with Crippen molar-refractivity contribution in [2.24, 2.45) is 0 Å². The van der Waals surface area contributed by atoms with Gasteiger partial charge in [0.2, 0.25) is 10.0 Å². The van der Waals surface area contributed by atoms with Crippen LogP contribution in [0.3, 0.4) is 0 Å². The molecule has 0 amide bonds. The van der Waals surface area contributed by atoms with Gasteiger partial charge in [0.25, 0.3) is 0 Å². The minimum atomic E-state index is -3.38. The number of nitrogens with one attached hydrogen (secondary N) is 1. The summed E-state index contributed by atoms with van der Waals surface area (Å²) >= 11 is 0. The topological polar surface area (TPSA) is 46.2 Å². The monoisotopic (exact) mass is 323 g/mol. The average Bonchev–Trinajstić information content (AvgIpc) is 2.51. The van der Waals surface area contributed by atoms with Gasteiger partial charge in [-0.1, -0.05) is 76.0 Å². The molecule has 0 atom stereocenters. The van der Waals surface area contributed by atoms with Crippen molar-refractivity contribution in [2.45, 2.75) is 81.6 Å². The maximum Gasteiger partial charge on any atom is 0.240 e. The summed E-state index contributed by atoms with van der Waals surface area (Å²) in [6.45, 7) is 0. The fraction of sp³-hybridized carbons (Fsp3) is 0.667. The Kier molecular flexibility index (Phi) is 7.40. The third-order valence-electron chi connectivity index (χ3n) is 4.48. The van der Waals surface area contributed by atoms with Crippen molar-refractivity contribution in [2.75, 3.05) is 0 Å². The van der Waals surface area contributed by atoms with Crippen LogP contribution in [0.1, 0.15) is 70.6 Å². The Balaban J connectivity index is 1.94. The maximum absolute atomic E-state index is 12.5. The van der Waals surface area contributed by atoms with Gasteiger partial charge < -0.3 is 0 Å². The second kappa shape index (κ2) is 9.31. The van der Waals surface area contributed by atoms with E-state index >= 15 is 0 Å². The molecule has 0 bridgehead atoms. The van der Waals surface area contributed by atoms with Crippen LogP contribution < -0.4 is 4.72 Å². The van der Waals surface area contributed by atoms with Crippen LogP contribution >= 0.6 is 0 Å². The van der Waals surface area contributed by atoms with E-state index in [2.05, 4.69) is 4.72 Å². The molecule has 0 unspecified atom stereocenters. The van der Waals surface area contributed by atoms with Crippen LogP contribution in [-0.4, -0.2) is 14.5 Å². The number of hydrogen-bond donors (Lipinski definition) is 1. The van der Waals surface area contributed by atoms with Crippen LogP contribution in [0.4, 0.5) is 0 Å². The van der Waals surface area contributed by atoms with Crippen molar-refractivity contribution < 1.29 is 8.42 Å². The van der Waals surface area contributed by atoms with Gasteiger partial charge in [-0.2, -0.15) is 0 Å². The maximum atomic E-state index is 12.5. The Morgan fingerprint density at radius 1 is 0.727 bits per heavy atom. The van der Waals surface area contributed by atoms with E-state index in [-0.39, 0.29) is 6.04 Å². The van der Waals surface area contributed by atoms with Crippen LogP contribution in [0.15, 0.2) is 35.2 Å². The molecule has 1 aromatic carbocycles. The van der Waals surface area contributed by atoms with E-state index in [1.54, 1.807) is 24.3 Å². The van der Waals surface area contributed by atoms with E-state index in [0.717, 1.165) is 25.7 Å². The predicted molar refractivity (Wildman–Crippen MR) is 91.3 cm³/mol. The fourth-order valence-corrected chi connectivity index (χ4v) is 4.49. The molecule has 22 heavy (non-hydrogen) atoms. The van der Waals surface area contributed by atoms with E-state index in [9.17, 15) is 8.42 Å². The standard InChI is InChI=1S/C18H29NO2S/c20-22(21,18-15-11-8-12-16-18)19-17-13-9-6-4-2-1-3-5-7-10-14-17/h8,11-12,15-17,19H,1-7,9-10,13-14H2. The molecule has 0 aromatic heterocycles. The van der Waals surface area contributed by atoms with Gasteiger partial charge in [-0.25, -0.2) is 13.1 Å². The summed E-state index contributed by atoms with van der Waals surface area (Å²) in [4.78, 5) is 0.376. The van der Waals surface area contributed by atoms with Crippen LogP contribution in [0.25, 0.3) is 0 Å². The summed E-state index contributed by atoms with van der Waals surface area (Å²) in [5, 5.41) is 0. The molecule has 1 fully saturated rings. The first-order valence-corrected chi connectivity index (χ1v) is 10.2. The van der Waals surface area contributed by atoms with Crippen LogP contribution in [0, 0.1) is 0 Å². The Morgan fingerprint density at radius 2 is 1.18 bits per heavy atom. The molecule has 124 valence electrons. The molecule has 0 radical (unpaired) electrons. The van der Waals surface area contributed by atoms with E-state index in [4.69, 9.17) is 0 Å². The molecule has 3 nitrogen and oxygen atoms in total. The van der Waals surface area contributed by atoms with Crippen molar-refractivity contribution in [3.8, 4) is 0 Å². The van der Waals surface area contributed by atoms with Crippen LogP contribution in [0.2, 0.25) is 0 Å². The number of benzene rings is 1. The first kappa shape index (κ1) is 17.5. The quantitative estimate of drug-likeness (QED) is 0.881. The highest BCUT2D eigenvalue weighted by Gasteiger charge is 2.19. The zero-order valence-electron chi connectivity index (χ0n) is 13.5. The molecule has 0 heterocycles. The van der Waals surface area contributed by atoms with E-state index in [1.165, 1.54) is 44.9 Å². The molecule has 1 aliphatic rings. The fourth-order valence-electron chi connectivity index (χ4n) is 3.17. The molecule has 1 aromatic rings. The molecule has 1 N–H and O–H groups in total. The summed E-state index contributed by atoms with van der Waals surface area (Å²) in [5.74, 6) is 0. The third kappa shape index (κ3) is 6.09. The minimum absolute atomic E-state index is 0.0876. The Labute approximate surface area is 135 Å². The van der Waals surface area contributed by atoms with Crippen LogP contribution in [-0.2, 0) is 10.0 Å². The van der Waals surface area contributed by atoms with Crippen LogP contribution in [0.5, 0.6) is 0 Å². The summed E-state index contributed by atoms with van der Waals surface area (Å²) in [6, 6.07) is 8.81. The molecule has 4 heteroatoms. The lowest BCUT2D eigenvalue weighted by molar-refractivity contribution is 0.440. The van der Waals surface area contributed by atoms with Crippen molar-refractivity contribution in [3.63, 3.8) is 0 Å². The second-order valence-corrected chi connectivity index (χ2v) is 8.10. The van der Waals surface area contributed by atoms with Crippen molar-refractivity contribution in [1.82, 2.24) is 4.72 Å². The summed E-state index contributed by atoms with van der Waals surface area (Å²) in [7, 11) is -3.38. The highest BCUT2D eigenvalue weighted by atomic mass is 32.2. The van der Waals surface area contributed by atoms with Crippen molar-refractivity contribution >= 4 is 10.0 Å². The van der Waals surface area contributed by atoms with Gasteiger partial charge in [0.1, 0.15) is 0 Å². The largest absolute Gasteiger partial charge is 0.240 e. The summed E-state index contributed by atoms with van der Waals surface area (Å²) < 4.78 is 27.9. The van der Waals surface area contributed by atoms with Gasteiger partial charge in [-0.15, -0.1) is 0 Å². The third-order valence-corrected chi connectivity index (χ3v) is 6.02. The number of hydrogen-bond acceptors (Lipinski definition) is 2. The zero-order chi connectivity index (χ0) is 15.7. The highest BCUT2D eigenvalue weighted by molar-refractivity contribution is 7.89. The SMILES string of the molecule is O=S(=O)(NC1CCCCCCCCCCC1)c1ccccc1. The summed E-state index contributed by atoms with van der Waals surface area (Å²) in [6.07, 6.45) is 13.2. The number of sulfonamides is 1. The lowest BCUT2D eigenvalue weighted by atomic mass is 9.98. The first-order chi connectivity index (χ1) is 10.7. The smallest absolute Gasteiger partial charge is 0.208 e. The van der Waals surface area contributed by atoms with E-state index < -0.39 is 10.0 Å². The first-order valence-electron chi connectivity index (χ1n) is 8.76. The van der Waals surface area contributed by atoms with Gasteiger partial charge in [-0.05, 0) is 25.0 Å². The minimum Gasteiger partial charge on any atom is -0.208 e. The lowest BCUT2D eigenvalue weighted by Gasteiger charge is -2.19. The predicted octanol–water partition coefficient (Wildman–Crippen LogP) is 4.64. The normalized spacial score (nSPS) is 20.0. The van der Waals surface area contributed by atoms with Gasteiger partial charge >= 0.3 is 0 Å². The molecule has 1 aliphatic carbocycles. The van der Waals surface area contributed by atoms with Gasteiger partial charge in [-0.3, -0.25) is 0 Å². The Bertz CT molecular complexity index is 501. The van der Waals surface area contributed by atoms with Gasteiger partial charge in [0.15, 0.2) is 0 Å². The average molecular weight is 324 g/mol. The van der Waals surface area contributed by atoms with Gasteiger partial charge in [0, 0.05) is 6.04 Å². The molecular formula is C18H29NO2S. The highest BCUT2D eigenvalue weighted by Crippen LogP contribution is 2.18. The molecular weight excluding hydrogens is 294 g/mol. The van der Waals surface area contributed by atoms with Crippen molar-refractivity contribution in [3.05, 3.63) is 30.3 Å². The molecule has 2 rings (SSSR count). The van der Waals surface area contributed by atoms with E-state index in [1.807, 2.05) is 6.07 Å². The zero-order valence-corrected chi connectivity index (χ0v) is 14.3. The summed E-state index contributed by atoms with van der Waals surface area (Å²) in [5.41, 5.74) is 0. The molecule has 0 aliphatic heterocycles. The van der Waals surface area contributed by atoms with Gasteiger partial charge in [0.05, 0.1) is 4.90 Å².